The second-order valence-corrected chi connectivity index (χ2v) is 6.65. The first-order valence-corrected chi connectivity index (χ1v) is 8.89. The van der Waals surface area contributed by atoms with Gasteiger partial charge >= 0.3 is 0 Å². The molecule has 3 nitrogen and oxygen atoms in total. The van der Waals surface area contributed by atoms with Crippen molar-refractivity contribution in [3.63, 3.8) is 0 Å². The van der Waals surface area contributed by atoms with Gasteiger partial charge in [0, 0.05) is 5.75 Å². The maximum absolute atomic E-state index is 4.35. The molecule has 0 saturated heterocycles. The van der Waals surface area contributed by atoms with Crippen molar-refractivity contribution in [2.75, 3.05) is 5.75 Å². The fourth-order valence-corrected chi connectivity index (χ4v) is 3.54. The second kappa shape index (κ2) is 7.47. The number of hydrogen-bond donors (Lipinski definition) is 0. The fourth-order valence-electron chi connectivity index (χ4n) is 2.61. The molecule has 3 aromatic rings. The highest BCUT2D eigenvalue weighted by molar-refractivity contribution is 7.99. The average Bonchev–Trinajstić information content (AvgIpc) is 2.94. The Morgan fingerprint density at radius 1 is 0.913 bits per heavy atom. The molecule has 0 radical (unpaired) electrons. The summed E-state index contributed by atoms with van der Waals surface area (Å²) in [4.78, 5) is 0. The van der Waals surface area contributed by atoms with Crippen LogP contribution in [0, 0.1) is 13.8 Å². The van der Waals surface area contributed by atoms with Crippen LogP contribution in [0.3, 0.4) is 0 Å². The zero-order valence-electron chi connectivity index (χ0n) is 13.6. The number of thioether (sulfide) groups is 1. The minimum Gasteiger partial charge on any atom is -0.274 e. The van der Waals surface area contributed by atoms with Crippen LogP contribution in [0.15, 0.2) is 59.8 Å². The highest BCUT2D eigenvalue weighted by Crippen LogP contribution is 2.24. The molecule has 0 saturated carbocycles. The molecule has 0 N–H and O–H groups in total. The molecule has 3 rings (SSSR count). The molecule has 0 bridgehead atoms. The van der Waals surface area contributed by atoms with E-state index in [4.69, 9.17) is 0 Å². The summed E-state index contributed by atoms with van der Waals surface area (Å²) in [7, 11) is 0. The third kappa shape index (κ3) is 3.82. The molecule has 1 aromatic heterocycles. The van der Waals surface area contributed by atoms with E-state index in [0.717, 1.165) is 29.6 Å². The molecular formula is C19H21N3S. The maximum Gasteiger partial charge on any atom is 0.195 e. The third-order valence-corrected chi connectivity index (χ3v) is 4.85. The van der Waals surface area contributed by atoms with Crippen molar-refractivity contribution in [1.29, 1.82) is 0 Å². The van der Waals surface area contributed by atoms with Gasteiger partial charge in [0.05, 0.1) is 5.69 Å². The van der Waals surface area contributed by atoms with Crippen LogP contribution in [0.1, 0.15) is 23.4 Å². The Morgan fingerprint density at radius 2 is 1.65 bits per heavy atom. The largest absolute Gasteiger partial charge is 0.274 e. The summed E-state index contributed by atoms with van der Waals surface area (Å²) in [6.07, 6.45) is 2.24. The predicted octanol–water partition coefficient (Wildman–Crippen LogP) is 4.61. The first-order valence-electron chi connectivity index (χ1n) is 7.90. The molecule has 0 amide bonds. The molecule has 118 valence electrons. The summed E-state index contributed by atoms with van der Waals surface area (Å²) in [6.45, 7) is 4.13. The van der Waals surface area contributed by atoms with Gasteiger partial charge in [-0.1, -0.05) is 60.3 Å². The van der Waals surface area contributed by atoms with E-state index in [2.05, 4.69) is 76.3 Å². The summed E-state index contributed by atoms with van der Waals surface area (Å²) >= 11 is 1.78. The van der Waals surface area contributed by atoms with Gasteiger partial charge < -0.3 is 0 Å². The second-order valence-electron chi connectivity index (χ2n) is 5.59. The van der Waals surface area contributed by atoms with Crippen LogP contribution in [0.4, 0.5) is 0 Å². The van der Waals surface area contributed by atoms with Gasteiger partial charge in [0.25, 0.3) is 0 Å². The Morgan fingerprint density at radius 3 is 2.43 bits per heavy atom. The number of para-hydroxylation sites is 1. The van der Waals surface area contributed by atoms with Crippen molar-refractivity contribution < 1.29 is 0 Å². The Hall–Kier alpha value is -2.07. The zero-order chi connectivity index (χ0) is 16.1. The SMILES string of the molecule is Cc1ccccc1-n1c(C)nnc1SCCCc1ccccc1. The summed E-state index contributed by atoms with van der Waals surface area (Å²) < 4.78 is 2.16. The summed E-state index contributed by atoms with van der Waals surface area (Å²) in [6, 6.07) is 19.0. The van der Waals surface area contributed by atoms with E-state index in [1.807, 2.05) is 6.92 Å². The molecule has 0 unspecified atom stereocenters. The highest BCUT2D eigenvalue weighted by Gasteiger charge is 2.12. The lowest BCUT2D eigenvalue weighted by Gasteiger charge is -2.11. The highest BCUT2D eigenvalue weighted by atomic mass is 32.2. The van der Waals surface area contributed by atoms with Gasteiger partial charge in [0.15, 0.2) is 5.16 Å². The topological polar surface area (TPSA) is 30.7 Å². The smallest absolute Gasteiger partial charge is 0.195 e. The molecule has 0 aliphatic heterocycles. The van der Waals surface area contributed by atoms with Crippen LogP contribution in [-0.2, 0) is 6.42 Å². The van der Waals surface area contributed by atoms with Crippen molar-refractivity contribution in [2.24, 2.45) is 0 Å². The Kier molecular flexibility index (Phi) is 5.13. The number of rotatable bonds is 6. The van der Waals surface area contributed by atoms with Crippen LogP contribution in [0.5, 0.6) is 0 Å². The molecule has 0 aliphatic carbocycles. The van der Waals surface area contributed by atoms with E-state index in [1.165, 1.54) is 16.8 Å². The van der Waals surface area contributed by atoms with Crippen LogP contribution < -0.4 is 0 Å². The Balaban J connectivity index is 1.66. The normalized spacial score (nSPS) is 10.9. The summed E-state index contributed by atoms with van der Waals surface area (Å²) in [5.74, 6) is 1.98. The zero-order valence-corrected chi connectivity index (χ0v) is 14.4. The standard InChI is InChI=1S/C19H21N3S/c1-15-9-6-7-13-18(15)22-16(2)20-21-19(22)23-14-8-12-17-10-4-3-5-11-17/h3-7,9-11,13H,8,12,14H2,1-2H3. The third-order valence-electron chi connectivity index (χ3n) is 3.84. The lowest BCUT2D eigenvalue weighted by atomic mass is 10.1. The van der Waals surface area contributed by atoms with E-state index in [-0.39, 0.29) is 0 Å². The number of aryl methyl sites for hydroxylation is 3. The molecule has 1 heterocycles. The van der Waals surface area contributed by atoms with E-state index < -0.39 is 0 Å². The van der Waals surface area contributed by atoms with E-state index >= 15 is 0 Å². The molecule has 0 fully saturated rings. The van der Waals surface area contributed by atoms with Crippen LogP contribution in [0.25, 0.3) is 5.69 Å². The number of nitrogens with zero attached hydrogens (tertiary/aromatic N) is 3. The molecule has 0 aliphatic rings. The van der Waals surface area contributed by atoms with Gasteiger partial charge in [-0.2, -0.15) is 0 Å². The summed E-state index contributed by atoms with van der Waals surface area (Å²) in [5, 5.41) is 9.59. The number of hydrogen-bond acceptors (Lipinski definition) is 3. The quantitative estimate of drug-likeness (QED) is 0.490. The lowest BCUT2D eigenvalue weighted by molar-refractivity contribution is 0.855. The van der Waals surface area contributed by atoms with Crippen molar-refractivity contribution in [3.8, 4) is 5.69 Å². The van der Waals surface area contributed by atoms with Gasteiger partial charge in [-0.05, 0) is 43.9 Å². The number of aromatic nitrogens is 3. The molecule has 2 aromatic carbocycles. The molecule has 4 heteroatoms. The Bertz CT molecular complexity index is 765. The molecular weight excluding hydrogens is 302 g/mol. The van der Waals surface area contributed by atoms with E-state index in [9.17, 15) is 0 Å². The van der Waals surface area contributed by atoms with Gasteiger partial charge in [-0.25, -0.2) is 0 Å². The van der Waals surface area contributed by atoms with E-state index in [0.29, 0.717) is 0 Å². The molecule has 0 spiro atoms. The van der Waals surface area contributed by atoms with Gasteiger partial charge in [0.1, 0.15) is 5.82 Å². The lowest BCUT2D eigenvalue weighted by Crippen LogP contribution is -2.01. The minimum atomic E-state index is 0.935. The average molecular weight is 323 g/mol. The van der Waals surface area contributed by atoms with Crippen LogP contribution >= 0.6 is 11.8 Å². The fraction of sp³-hybridized carbons (Fsp3) is 0.263. The van der Waals surface area contributed by atoms with E-state index in [1.54, 1.807) is 11.8 Å². The first kappa shape index (κ1) is 15.8. The Labute approximate surface area is 141 Å². The molecule has 0 atom stereocenters. The monoisotopic (exact) mass is 323 g/mol. The maximum atomic E-state index is 4.35. The minimum absolute atomic E-state index is 0.935. The van der Waals surface area contributed by atoms with Crippen LogP contribution in [-0.4, -0.2) is 20.5 Å². The predicted molar refractivity (Wildman–Crippen MR) is 96.3 cm³/mol. The van der Waals surface area contributed by atoms with Crippen molar-refractivity contribution in [2.45, 2.75) is 31.8 Å². The summed E-state index contributed by atoms with van der Waals surface area (Å²) in [5.41, 5.74) is 3.80. The van der Waals surface area contributed by atoms with Gasteiger partial charge in [-0.15, -0.1) is 10.2 Å². The van der Waals surface area contributed by atoms with Crippen molar-refractivity contribution in [1.82, 2.24) is 14.8 Å². The number of benzene rings is 2. The first-order chi connectivity index (χ1) is 11.3. The van der Waals surface area contributed by atoms with Gasteiger partial charge in [-0.3, -0.25) is 4.57 Å². The van der Waals surface area contributed by atoms with Crippen molar-refractivity contribution >= 4 is 11.8 Å². The van der Waals surface area contributed by atoms with Crippen molar-refractivity contribution in [3.05, 3.63) is 71.5 Å². The van der Waals surface area contributed by atoms with Gasteiger partial charge in [0.2, 0.25) is 0 Å². The van der Waals surface area contributed by atoms with Crippen LogP contribution in [0.2, 0.25) is 0 Å². The molecule has 23 heavy (non-hydrogen) atoms.